The second-order valence-corrected chi connectivity index (χ2v) is 5.73. The van der Waals surface area contributed by atoms with Crippen molar-refractivity contribution < 1.29 is 14.3 Å². The summed E-state index contributed by atoms with van der Waals surface area (Å²) >= 11 is 0. The van der Waals surface area contributed by atoms with Crippen molar-refractivity contribution in [2.45, 2.75) is 47.0 Å². The van der Waals surface area contributed by atoms with E-state index in [1.807, 2.05) is 31.2 Å². The first kappa shape index (κ1) is 17.5. The zero-order valence-electron chi connectivity index (χ0n) is 14.1. The van der Waals surface area contributed by atoms with Gasteiger partial charge in [-0.25, -0.2) is 0 Å². The number of carbonyl (C=O) groups excluding carboxylic acids is 1. The first-order chi connectivity index (χ1) is 9.95. The maximum atomic E-state index is 12.7. The highest BCUT2D eigenvalue weighted by Crippen LogP contribution is 2.48. The van der Waals surface area contributed by atoms with Gasteiger partial charge >= 0.3 is 5.97 Å². The SMILES string of the molecule is CCOC(=O)C(CC)(C(C)C)C(C)c1ccccc1OC. The quantitative estimate of drug-likeness (QED) is 0.698. The summed E-state index contributed by atoms with van der Waals surface area (Å²) in [5, 5.41) is 0. The third-order valence-corrected chi connectivity index (χ3v) is 4.65. The van der Waals surface area contributed by atoms with Crippen LogP contribution in [0.15, 0.2) is 24.3 Å². The van der Waals surface area contributed by atoms with Crippen molar-refractivity contribution in [1.82, 2.24) is 0 Å². The predicted octanol–water partition coefficient (Wildman–Crippen LogP) is 4.41. The Kier molecular flexibility index (Phi) is 6.25. The van der Waals surface area contributed by atoms with Gasteiger partial charge in [0.2, 0.25) is 0 Å². The second kappa shape index (κ2) is 7.48. The van der Waals surface area contributed by atoms with Crippen LogP contribution in [-0.4, -0.2) is 19.7 Å². The molecule has 3 heteroatoms. The van der Waals surface area contributed by atoms with Crippen molar-refractivity contribution in [3.05, 3.63) is 29.8 Å². The molecule has 0 radical (unpaired) electrons. The minimum atomic E-state index is -0.537. The summed E-state index contributed by atoms with van der Waals surface area (Å²) in [6.45, 7) is 10.6. The average molecular weight is 292 g/mol. The van der Waals surface area contributed by atoms with Gasteiger partial charge in [-0.1, -0.05) is 45.9 Å². The third kappa shape index (κ3) is 3.22. The van der Waals surface area contributed by atoms with Gasteiger partial charge in [0, 0.05) is 5.92 Å². The highest BCUT2D eigenvalue weighted by Gasteiger charge is 2.47. The van der Waals surface area contributed by atoms with Crippen molar-refractivity contribution in [2.75, 3.05) is 13.7 Å². The van der Waals surface area contributed by atoms with E-state index in [4.69, 9.17) is 9.47 Å². The van der Waals surface area contributed by atoms with E-state index in [2.05, 4.69) is 27.7 Å². The molecule has 0 heterocycles. The Hall–Kier alpha value is -1.51. The van der Waals surface area contributed by atoms with Crippen LogP contribution in [0.1, 0.15) is 52.5 Å². The lowest BCUT2D eigenvalue weighted by Gasteiger charge is -2.40. The highest BCUT2D eigenvalue weighted by molar-refractivity contribution is 5.78. The summed E-state index contributed by atoms with van der Waals surface area (Å²) in [6.07, 6.45) is 0.739. The molecule has 2 unspecified atom stereocenters. The minimum absolute atomic E-state index is 0.0256. The summed E-state index contributed by atoms with van der Waals surface area (Å²) < 4.78 is 10.9. The Bertz CT molecular complexity index is 467. The standard InChI is InChI=1S/C18H28O3/c1-7-18(13(3)4,17(19)21-8-2)14(5)15-11-9-10-12-16(15)20-6/h9-14H,7-8H2,1-6H3. The smallest absolute Gasteiger partial charge is 0.312 e. The van der Waals surface area contributed by atoms with Gasteiger partial charge in [0.05, 0.1) is 19.1 Å². The third-order valence-electron chi connectivity index (χ3n) is 4.65. The van der Waals surface area contributed by atoms with E-state index in [1.54, 1.807) is 7.11 Å². The Morgan fingerprint density at radius 3 is 2.29 bits per heavy atom. The van der Waals surface area contributed by atoms with E-state index in [9.17, 15) is 4.79 Å². The number of hydrogen-bond acceptors (Lipinski definition) is 3. The van der Waals surface area contributed by atoms with Crippen molar-refractivity contribution in [1.29, 1.82) is 0 Å². The van der Waals surface area contributed by atoms with E-state index in [0.717, 1.165) is 17.7 Å². The first-order valence-electron chi connectivity index (χ1n) is 7.75. The summed E-state index contributed by atoms with van der Waals surface area (Å²) in [7, 11) is 1.67. The van der Waals surface area contributed by atoms with Crippen molar-refractivity contribution in [2.24, 2.45) is 11.3 Å². The molecular weight excluding hydrogens is 264 g/mol. The zero-order chi connectivity index (χ0) is 16.0. The lowest BCUT2D eigenvalue weighted by molar-refractivity contribution is -0.160. The predicted molar refractivity (Wildman–Crippen MR) is 85.6 cm³/mol. The lowest BCUT2D eigenvalue weighted by Crippen LogP contribution is -2.42. The molecular formula is C18H28O3. The van der Waals surface area contributed by atoms with Crippen molar-refractivity contribution >= 4 is 5.97 Å². The van der Waals surface area contributed by atoms with E-state index < -0.39 is 5.41 Å². The zero-order valence-corrected chi connectivity index (χ0v) is 14.1. The number of hydrogen-bond donors (Lipinski definition) is 0. The topological polar surface area (TPSA) is 35.5 Å². The number of para-hydroxylation sites is 1. The van der Waals surface area contributed by atoms with Crippen molar-refractivity contribution in [3.63, 3.8) is 0 Å². The molecule has 1 rings (SSSR count). The highest BCUT2D eigenvalue weighted by atomic mass is 16.5. The second-order valence-electron chi connectivity index (χ2n) is 5.73. The molecule has 0 spiro atoms. The molecule has 0 aliphatic rings. The Balaban J connectivity index is 3.34. The number of esters is 1. The van der Waals surface area contributed by atoms with Crippen molar-refractivity contribution in [3.8, 4) is 5.75 Å². The molecule has 1 aromatic rings. The molecule has 0 saturated carbocycles. The Morgan fingerprint density at radius 1 is 1.19 bits per heavy atom. The van der Waals surface area contributed by atoms with Gasteiger partial charge in [0.1, 0.15) is 5.75 Å². The van der Waals surface area contributed by atoms with Crippen LogP contribution in [0.5, 0.6) is 5.75 Å². The van der Waals surface area contributed by atoms with Gasteiger partial charge in [-0.3, -0.25) is 4.79 Å². The molecule has 0 fully saturated rings. The van der Waals surface area contributed by atoms with Crippen LogP contribution < -0.4 is 4.74 Å². The fourth-order valence-corrected chi connectivity index (χ4v) is 3.34. The average Bonchev–Trinajstić information content (AvgIpc) is 2.48. The van der Waals surface area contributed by atoms with E-state index in [0.29, 0.717) is 6.61 Å². The van der Waals surface area contributed by atoms with Crippen LogP contribution in [0.2, 0.25) is 0 Å². The molecule has 0 bridgehead atoms. The summed E-state index contributed by atoms with van der Waals surface area (Å²) in [5.74, 6) is 0.924. The van der Waals surface area contributed by atoms with Crippen LogP contribution in [0.4, 0.5) is 0 Å². The number of methoxy groups -OCH3 is 1. The Morgan fingerprint density at radius 2 is 1.81 bits per heavy atom. The normalized spacial score (nSPS) is 15.4. The van der Waals surface area contributed by atoms with Gasteiger partial charge in [-0.05, 0) is 30.9 Å². The molecule has 21 heavy (non-hydrogen) atoms. The van der Waals surface area contributed by atoms with Gasteiger partial charge in [0.25, 0.3) is 0 Å². The van der Waals surface area contributed by atoms with Crippen LogP contribution in [0.25, 0.3) is 0 Å². The molecule has 0 aliphatic heterocycles. The summed E-state index contributed by atoms with van der Waals surface area (Å²) in [4.78, 5) is 12.7. The maximum absolute atomic E-state index is 12.7. The van der Waals surface area contributed by atoms with Crippen LogP contribution in [-0.2, 0) is 9.53 Å². The summed E-state index contributed by atoms with van der Waals surface area (Å²) in [5.41, 5.74) is 0.522. The van der Waals surface area contributed by atoms with E-state index in [1.165, 1.54) is 0 Å². The lowest BCUT2D eigenvalue weighted by atomic mass is 9.64. The van der Waals surface area contributed by atoms with E-state index >= 15 is 0 Å². The van der Waals surface area contributed by atoms with Crippen LogP contribution in [0.3, 0.4) is 0 Å². The Labute approximate surface area is 128 Å². The molecule has 118 valence electrons. The molecule has 2 atom stereocenters. The number of benzene rings is 1. The molecule has 0 amide bonds. The minimum Gasteiger partial charge on any atom is -0.496 e. The molecule has 0 N–H and O–H groups in total. The molecule has 3 nitrogen and oxygen atoms in total. The van der Waals surface area contributed by atoms with Gasteiger partial charge in [0.15, 0.2) is 0 Å². The fourth-order valence-electron chi connectivity index (χ4n) is 3.34. The molecule has 0 aliphatic carbocycles. The summed E-state index contributed by atoms with van der Waals surface area (Å²) in [6, 6.07) is 7.91. The molecule has 0 aromatic heterocycles. The fraction of sp³-hybridized carbons (Fsp3) is 0.611. The van der Waals surface area contributed by atoms with E-state index in [-0.39, 0.29) is 17.8 Å². The number of carbonyl (C=O) groups is 1. The monoisotopic (exact) mass is 292 g/mol. The number of rotatable bonds is 7. The van der Waals surface area contributed by atoms with Gasteiger partial charge < -0.3 is 9.47 Å². The largest absolute Gasteiger partial charge is 0.496 e. The maximum Gasteiger partial charge on any atom is 0.312 e. The molecule has 0 saturated heterocycles. The van der Waals surface area contributed by atoms with Crippen LogP contribution in [0, 0.1) is 11.3 Å². The molecule has 1 aromatic carbocycles. The van der Waals surface area contributed by atoms with Crippen LogP contribution >= 0.6 is 0 Å². The van der Waals surface area contributed by atoms with Gasteiger partial charge in [-0.15, -0.1) is 0 Å². The number of ether oxygens (including phenoxy) is 2. The first-order valence-corrected chi connectivity index (χ1v) is 7.75. The van der Waals surface area contributed by atoms with Gasteiger partial charge in [-0.2, -0.15) is 0 Å².